The highest BCUT2D eigenvalue weighted by molar-refractivity contribution is 5.86. The van der Waals surface area contributed by atoms with E-state index >= 15 is 0 Å². The summed E-state index contributed by atoms with van der Waals surface area (Å²) in [4.78, 5) is 21.2. The molecule has 0 saturated carbocycles. The molecule has 0 aromatic heterocycles. The first-order chi connectivity index (χ1) is 6.93. The molecule has 0 fully saturated rings. The summed E-state index contributed by atoms with van der Waals surface area (Å²) in [6.45, 7) is 5.01. The molecule has 0 saturated heterocycles. The first-order valence-electron chi connectivity index (χ1n) is 4.54. The zero-order valence-corrected chi connectivity index (χ0v) is 9.18. The van der Waals surface area contributed by atoms with Gasteiger partial charge in [-0.2, -0.15) is 13.2 Å². The number of halogens is 3. The maximum atomic E-state index is 11.9. The molecule has 0 radical (unpaired) electrons. The lowest BCUT2D eigenvalue weighted by molar-refractivity contribution is -0.175. The van der Waals surface area contributed by atoms with Crippen molar-refractivity contribution in [1.82, 2.24) is 5.32 Å². The largest absolute Gasteiger partial charge is 0.480 e. The fourth-order valence-electron chi connectivity index (χ4n) is 1.05. The van der Waals surface area contributed by atoms with Crippen LogP contribution in [0.1, 0.15) is 27.2 Å². The Morgan fingerprint density at radius 2 is 1.69 bits per heavy atom. The maximum Gasteiger partial charge on any atom is 0.471 e. The van der Waals surface area contributed by atoms with Crippen LogP contribution in [0.2, 0.25) is 0 Å². The average molecular weight is 241 g/mol. The molecule has 0 aromatic rings. The molecule has 0 unspecified atom stereocenters. The quantitative estimate of drug-likeness (QED) is 0.787. The van der Waals surface area contributed by atoms with Crippen molar-refractivity contribution in [3.8, 4) is 0 Å². The van der Waals surface area contributed by atoms with Crippen molar-refractivity contribution in [3.05, 3.63) is 0 Å². The van der Waals surface area contributed by atoms with Crippen molar-refractivity contribution < 1.29 is 27.9 Å². The molecular weight excluding hydrogens is 227 g/mol. The van der Waals surface area contributed by atoms with Gasteiger partial charge in [0.05, 0.1) is 0 Å². The molecule has 7 heteroatoms. The van der Waals surface area contributed by atoms with Crippen molar-refractivity contribution in [2.24, 2.45) is 5.41 Å². The van der Waals surface area contributed by atoms with Crippen molar-refractivity contribution in [1.29, 1.82) is 0 Å². The number of carboxylic acid groups (broad SMARTS) is 1. The number of rotatable bonds is 3. The summed E-state index contributed by atoms with van der Waals surface area (Å²) < 4.78 is 35.7. The molecule has 0 aliphatic heterocycles. The molecule has 16 heavy (non-hydrogen) atoms. The van der Waals surface area contributed by atoms with E-state index in [1.54, 1.807) is 20.8 Å². The lowest BCUT2D eigenvalue weighted by Gasteiger charge is -2.24. The van der Waals surface area contributed by atoms with Gasteiger partial charge in [0.1, 0.15) is 6.04 Å². The SMILES string of the molecule is CC(C)(C)C[C@H](NC(=O)C(F)(F)F)C(=O)O. The molecule has 0 aromatic carbocycles. The van der Waals surface area contributed by atoms with Crippen LogP contribution in [0.4, 0.5) is 13.2 Å². The number of carbonyl (C=O) groups is 2. The second-order valence-corrected chi connectivity index (χ2v) is 4.63. The fourth-order valence-corrected chi connectivity index (χ4v) is 1.05. The summed E-state index contributed by atoms with van der Waals surface area (Å²) in [6.07, 6.45) is -5.14. The zero-order chi connectivity index (χ0) is 13.1. The van der Waals surface area contributed by atoms with E-state index in [0.29, 0.717) is 0 Å². The van der Waals surface area contributed by atoms with Gasteiger partial charge in [0.2, 0.25) is 0 Å². The van der Waals surface area contributed by atoms with Gasteiger partial charge in [0, 0.05) is 0 Å². The lowest BCUT2D eigenvalue weighted by atomic mass is 9.88. The summed E-state index contributed by atoms with van der Waals surface area (Å²) in [5, 5.41) is 10.1. The van der Waals surface area contributed by atoms with Crippen molar-refractivity contribution in [3.63, 3.8) is 0 Å². The Labute approximate surface area is 90.8 Å². The molecule has 4 nitrogen and oxygen atoms in total. The van der Waals surface area contributed by atoms with Crippen LogP contribution in [0.25, 0.3) is 0 Å². The summed E-state index contributed by atoms with van der Waals surface area (Å²) in [5.41, 5.74) is -0.498. The lowest BCUT2D eigenvalue weighted by Crippen LogP contribution is -2.48. The van der Waals surface area contributed by atoms with E-state index in [9.17, 15) is 22.8 Å². The Balaban J connectivity index is 4.60. The van der Waals surface area contributed by atoms with E-state index < -0.39 is 29.5 Å². The third kappa shape index (κ3) is 5.57. The van der Waals surface area contributed by atoms with Crippen LogP contribution in [0.3, 0.4) is 0 Å². The number of carbonyl (C=O) groups excluding carboxylic acids is 1. The van der Waals surface area contributed by atoms with Crippen molar-refractivity contribution >= 4 is 11.9 Å². The van der Waals surface area contributed by atoms with Crippen LogP contribution in [-0.2, 0) is 9.59 Å². The Morgan fingerprint density at radius 1 is 1.25 bits per heavy atom. The van der Waals surface area contributed by atoms with E-state index in [-0.39, 0.29) is 6.42 Å². The van der Waals surface area contributed by atoms with Crippen LogP contribution in [0.15, 0.2) is 0 Å². The topological polar surface area (TPSA) is 66.4 Å². The number of amides is 1. The Bertz CT molecular complexity index is 281. The van der Waals surface area contributed by atoms with Gasteiger partial charge in [-0.15, -0.1) is 0 Å². The van der Waals surface area contributed by atoms with E-state index in [1.807, 2.05) is 0 Å². The minimum atomic E-state index is -5.06. The highest BCUT2D eigenvalue weighted by Crippen LogP contribution is 2.22. The average Bonchev–Trinajstić information content (AvgIpc) is 1.98. The highest BCUT2D eigenvalue weighted by Gasteiger charge is 2.41. The van der Waals surface area contributed by atoms with Crippen LogP contribution >= 0.6 is 0 Å². The smallest absolute Gasteiger partial charge is 0.471 e. The van der Waals surface area contributed by atoms with Gasteiger partial charge in [0.15, 0.2) is 0 Å². The molecule has 0 bridgehead atoms. The van der Waals surface area contributed by atoms with Gasteiger partial charge in [-0.3, -0.25) is 4.79 Å². The standard InChI is InChI=1S/C9H14F3NO3/c1-8(2,3)4-5(6(14)15)13-7(16)9(10,11)12/h5H,4H2,1-3H3,(H,13,16)(H,14,15)/t5-/m0/s1. The second kappa shape index (κ2) is 4.71. The molecule has 0 aliphatic rings. The third-order valence-corrected chi connectivity index (χ3v) is 1.68. The van der Waals surface area contributed by atoms with E-state index in [4.69, 9.17) is 5.11 Å². The molecule has 0 heterocycles. The van der Waals surface area contributed by atoms with Gasteiger partial charge < -0.3 is 10.4 Å². The first kappa shape index (κ1) is 14.7. The normalized spacial score (nSPS) is 14.4. The Kier molecular flexibility index (Phi) is 4.34. The Morgan fingerprint density at radius 3 is 1.94 bits per heavy atom. The van der Waals surface area contributed by atoms with E-state index in [0.717, 1.165) is 0 Å². The second-order valence-electron chi connectivity index (χ2n) is 4.63. The minimum absolute atomic E-state index is 0.0792. The minimum Gasteiger partial charge on any atom is -0.480 e. The number of aliphatic carboxylic acids is 1. The predicted octanol–water partition coefficient (Wildman–Crippen LogP) is 1.55. The van der Waals surface area contributed by atoms with E-state index in [1.165, 1.54) is 5.32 Å². The maximum absolute atomic E-state index is 11.9. The number of carboxylic acids is 1. The fraction of sp³-hybridized carbons (Fsp3) is 0.778. The molecule has 2 N–H and O–H groups in total. The molecular formula is C9H14F3NO3. The molecule has 0 spiro atoms. The summed E-state index contributed by atoms with van der Waals surface area (Å²) in [7, 11) is 0. The molecule has 1 amide bonds. The Hall–Kier alpha value is -1.27. The van der Waals surface area contributed by atoms with Crippen LogP contribution in [0.5, 0.6) is 0 Å². The molecule has 94 valence electrons. The summed E-state index contributed by atoms with van der Waals surface area (Å²) in [5.74, 6) is -3.71. The van der Waals surface area contributed by atoms with Crippen LogP contribution < -0.4 is 5.32 Å². The molecule has 0 rings (SSSR count). The van der Waals surface area contributed by atoms with Gasteiger partial charge in [-0.1, -0.05) is 20.8 Å². The van der Waals surface area contributed by atoms with Crippen molar-refractivity contribution in [2.45, 2.75) is 39.4 Å². The highest BCUT2D eigenvalue weighted by atomic mass is 19.4. The third-order valence-electron chi connectivity index (χ3n) is 1.68. The number of alkyl halides is 3. The summed E-state index contributed by atoms with van der Waals surface area (Å²) >= 11 is 0. The first-order valence-corrected chi connectivity index (χ1v) is 4.54. The molecule has 1 atom stereocenters. The number of nitrogens with one attached hydrogen (secondary N) is 1. The molecule has 0 aliphatic carbocycles. The van der Waals surface area contributed by atoms with Gasteiger partial charge >= 0.3 is 18.1 Å². The predicted molar refractivity (Wildman–Crippen MR) is 49.7 cm³/mol. The van der Waals surface area contributed by atoms with Crippen molar-refractivity contribution in [2.75, 3.05) is 0 Å². The number of hydrogen-bond acceptors (Lipinski definition) is 2. The summed E-state index contributed by atoms with van der Waals surface area (Å²) in [6, 6.07) is -1.53. The van der Waals surface area contributed by atoms with Gasteiger partial charge in [-0.25, -0.2) is 4.79 Å². The van der Waals surface area contributed by atoms with Gasteiger partial charge in [0.25, 0.3) is 0 Å². The number of hydrogen-bond donors (Lipinski definition) is 2. The monoisotopic (exact) mass is 241 g/mol. The zero-order valence-electron chi connectivity index (χ0n) is 9.18. The van der Waals surface area contributed by atoms with Gasteiger partial charge in [-0.05, 0) is 11.8 Å². The van der Waals surface area contributed by atoms with Crippen LogP contribution in [0, 0.1) is 5.41 Å². The van der Waals surface area contributed by atoms with E-state index in [2.05, 4.69) is 0 Å². The van der Waals surface area contributed by atoms with Crippen LogP contribution in [-0.4, -0.2) is 29.2 Å².